The van der Waals surface area contributed by atoms with Crippen LogP contribution in [-0.4, -0.2) is 62.7 Å². The Morgan fingerprint density at radius 1 is 1.00 bits per heavy atom. The molecule has 31 heavy (non-hydrogen) atoms. The summed E-state index contributed by atoms with van der Waals surface area (Å²) in [5.41, 5.74) is 1.82. The van der Waals surface area contributed by atoms with E-state index in [0.717, 1.165) is 38.3 Å². The van der Waals surface area contributed by atoms with Crippen molar-refractivity contribution < 1.29 is 19.0 Å². The maximum Gasteiger partial charge on any atom is 0.257 e. The predicted molar refractivity (Wildman–Crippen MR) is 120 cm³/mol. The Bertz CT molecular complexity index is 916. The van der Waals surface area contributed by atoms with Crippen LogP contribution in [0.5, 0.6) is 17.2 Å². The van der Waals surface area contributed by atoms with Gasteiger partial charge in [0.1, 0.15) is 5.75 Å². The third kappa shape index (κ3) is 4.49. The van der Waals surface area contributed by atoms with E-state index in [0.29, 0.717) is 29.0 Å². The molecule has 4 rings (SSSR count). The van der Waals surface area contributed by atoms with Gasteiger partial charge in [-0.2, -0.15) is 0 Å². The van der Waals surface area contributed by atoms with Gasteiger partial charge in [-0.25, -0.2) is 0 Å². The van der Waals surface area contributed by atoms with Gasteiger partial charge in [0.05, 0.1) is 26.9 Å². The van der Waals surface area contributed by atoms with Gasteiger partial charge >= 0.3 is 0 Å². The molecule has 6 heteroatoms. The van der Waals surface area contributed by atoms with E-state index < -0.39 is 0 Å². The van der Waals surface area contributed by atoms with Crippen molar-refractivity contribution in [3.8, 4) is 17.2 Å². The summed E-state index contributed by atoms with van der Waals surface area (Å²) in [7, 11) is 4.88. The van der Waals surface area contributed by atoms with Crippen molar-refractivity contribution in [2.24, 2.45) is 5.92 Å². The third-order valence-corrected chi connectivity index (χ3v) is 6.59. The van der Waals surface area contributed by atoms with Gasteiger partial charge in [-0.1, -0.05) is 24.6 Å². The molecule has 2 aliphatic heterocycles. The second-order valence-corrected chi connectivity index (χ2v) is 8.40. The minimum atomic E-state index is 0.0187. The number of benzene rings is 2. The van der Waals surface area contributed by atoms with Crippen LogP contribution in [0.3, 0.4) is 0 Å². The van der Waals surface area contributed by atoms with E-state index in [9.17, 15) is 4.79 Å². The highest BCUT2D eigenvalue weighted by Crippen LogP contribution is 2.35. The van der Waals surface area contributed by atoms with E-state index in [-0.39, 0.29) is 5.91 Å². The molecule has 2 aliphatic rings. The van der Waals surface area contributed by atoms with Crippen LogP contribution in [0, 0.1) is 5.92 Å². The number of carbonyl (C=O) groups excluding carboxylic acids is 1. The van der Waals surface area contributed by atoms with Crippen LogP contribution < -0.4 is 14.2 Å². The number of methoxy groups -OCH3 is 3. The molecule has 0 aliphatic carbocycles. The lowest BCUT2D eigenvalue weighted by atomic mass is 9.98. The van der Waals surface area contributed by atoms with Gasteiger partial charge < -0.3 is 19.1 Å². The van der Waals surface area contributed by atoms with Crippen molar-refractivity contribution in [1.82, 2.24) is 9.80 Å². The average Bonchev–Trinajstić information content (AvgIpc) is 3.15. The van der Waals surface area contributed by atoms with Crippen molar-refractivity contribution in [3.63, 3.8) is 0 Å². The number of hydrogen-bond donors (Lipinski definition) is 0. The fourth-order valence-corrected chi connectivity index (χ4v) is 5.03. The first-order valence-electron chi connectivity index (χ1n) is 11.0. The van der Waals surface area contributed by atoms with Crippen LogP contribution in [0.2, 0.25) is 0 Å². The summed E-state index contributed by atoms with van der Waals surface area (Å²) >= 11 is 0. The fourth-order valence-electron chi connectivity index (χ4n) is 5.03. The standard InChI is InChI=1S/C25H32N2O4/c1-29-20-10-6-8-18(14-20)15-26-13-5-4-9-19-16-27(17-22(19)26)25(28)21-11-7-12-23(30-2)24(21)31-3/h6-8,10-12,14,19,22H,4-5,9,13,15-17H2,1-3H3/t19-,22+/m0/s1. The van der Waals surface area contributed by atoms with Crippen LogP contribution in [-0.2, 0) is 6.54 Å². The smallest absolute Gasteiger partial charge is 0.257 e. The highest BCUT2D eigenvalue weighted by molar-refractivity contribution is 5.98. The molecule has 0 saturated carbocycles. The van der Waals surface area contributed by atoms with Crippen LogP contribution in [0.15, 0.2) is 42.5 Å². The van der Waals surface area contributed by atoms with Crippen molar-refractivity contribution in [1.29, 1.82) is 0 Å². The number of para-hydroxylation sites is 1. The van der Waals surface area contributed by atoms with E-state index in [1.54, 1.807) is 21.3 Å². The monoisotopic (exact) mass is 424 g/mol. The summed E-state index contributed by atoms with van der Waals surface area (Å²) in [5, 5.41) is 0. The number of rotatable bonds is 6. The largest absolute Gasteiger partial charge is 0.497 e. The first-order valence-corrected chi connectivity index (χ1v) is 11.0. The van der Waals surface area contributed by atoms with Gasteiger partial charge in [-0.3, -0.25) is 9.69 Å². The summed E-state index contributed by atoms with van der Waals surface area (Å²) in [6.45, 7) is 3.47. The van der Waals surface area contributed by atoms with Gasteiger partial charge in [0.25, 0.3) is 5.91 Å². The minimum absolute atomic E-state index is 0.0187. The van der Waals surface area contributed by atoms with Gasteiger partial charge in [0.15, 0.2) is 11.5 Å². The van der Waals surface area contributed by atoms with Gasteiger partial charge in [0.2, 0.25) is 0 Å². The number of likely N-dealkylation sites (tertiary alicyclic amines) is 2. The number of carbonyl (C=O) groups is 1. The molecule has 6 nitrogen and oxygen atoms in total. The minimum Gasteiger partial charge on any atom is -0.497 e. The Hall–Kier alpha value is -2.73. The maximum atomic E-state index is 13.4. The molecular weight excluding hydrogens is 392 g/mol. The van der Waals surface area contributed by atoms with E-state index in [1.165, 1.54) is 18.4 Å². The van der Waals surface area contributed by atoms with E-state index >= 15 is 0 Å². The Kier molecular flexibility index (Phi) is 6.66. The van der Waals surface area contributed by atoms with Crippen LogP contribution in [0.4, 0.5) is 0 Å². The zero-order valence-electron chi connectivity index (χ0n) is 18.7. The summed E-state index contributed by atoms with van der Waals surface area (Å²) in [5.74, 6) is 2.49. The highest BCUT2D eigenvalue weighted by atomic mass is 16.5. The number of ether oxygens (including phenoxy) is 3. The molecule has 0 bridgehead atoms. The summed E-state index contributed by atoms with van der Waals surface area (Å²) in [6.07, 6.45) is 3.58. The second-order valence-electron chi connectivity index (χ2n) is 8.40. The van der Waals surface area contributed by atoms with Crippen molar-refractivity contribution >= 4 is 5.91 Å². The van der Waals surface area contributed by atoms with Gasteiger partial charge in [-0.15, -0.1) is 0 Å². The van der Waals surface area contributed by atoms with E-state index in [1.807, 2.05) is 35.2 Å². The fraction of sp³-hybridized carbons (Fsp3) is 0.480. The number of hydrogen-bond acceptors (Lipinski definition) is 5. The summed E-state index contributed by atoms with van der Waals surface area (Å²) in [4.78, 5) is 18.0. The van der Waals surface area contributed by atoms with Crippen LogP contribution in [0.1, 0.15) is 35.2 Å². The number of amides is 1. The van der Waals surface area contributed by atoms with Crippen molar-refractivity contribution in [2.75, 3.05) is 41.0 Å². The Labute approximate surface area is 184 Å². The van der Waals surface area contributed by atoms with Gasteiger partial charge in [-0.05, 0) is 55.1 Å². The molecule has 2 aromatic rings. The van der Waals surface area contributed by atoms with Crippen molar-refractivity contribution in [3.05, 3.63) is 53.6 Å². The molecule has 2 atom stereocenters. The predicted octanol–water partition coefficient (Wildman–Crippen LogP) is 3.84. The molecule has 0 aromatic heterocycles. The molecule has 2 fully saturated rings. The summed E-state index contributed by atoms with van der Waals surface area (Å²) < 4.78 is 16.3. The lowest BCUT2D eigenvalue weighted by Crippen LogP contribution is -2.40. The molecule has 2 saturated heterocycles. The molecular formula is C25H32N2O4. The summed E-state index contributed by atoms with van der Waals surface area (Å²) in [6, 6.07) is 14.1. The Morgan fingerprint density at radius 2 is 1.84 bits per heavy atom. The molecule has 0 N–H and O–H groups in total. The average molecular weight is 425 g/mol. The van der Waals surface area contributed by atoms with E-state index in [2.05, 4.69) is 17.0 Å². The van der Waals surface area contributed by atoms with E-state index in [4.69, 9.17) is 14.2 Å². The SMILES string of the molecule is COc1cccc(CN2CCCC[C@H]3CN(C(=O)c4cccc(OC)c4OC)C[C@H]32)c1. The third-order valence-electron chi connectivity index (χ3n) is 6.59. The highest BCUT2D eigenvalue weighted by Gasteiger charge is 2.40. The van der Waals surface area contributed by atoms with Crippen molar-refractivity contribution in [2.45, 2.75) is 31.8 Å². The first-order chi connectivity index (χ1) is 15.1. The van der Waals surface area contributed by atoms with Gasteiger partial charge in [0, 0.05) is 25.7 Å². The van der Waals surface area contributed by atoms with Crippen LogP contribution in [0.25, 0.3) is 0 Å². The lowest BCUT2D eigenvalue weighted by Gasteiger charge is -2.30. The normalized spacial score (nSPS) is 21.3. The maximum absolute atomic E-state index is 13.4. The molecule has 2 heterocycles. The molecule has 0 radical (unpaired) electrons. The number of nitrogens with zero attached hydrogens (tertiary/aromatic N) is 2. The topological polar surface area (TPSA) is 51.2 Å². The molecule has 0 unspecified atom stereocenters. The van der Waals surface area contributed by atoms with Crippen LogP contribution >= 0.6 is 0 Å². The molecule has 1 amide bonds. The Balaban J connectivity index is 1.53. The quantitative estimate of drug-likeness (QED) is 0.705. The molecule has 2 aromatic carbocycles. The lowest BCUT2D eigenvalue weighted by molar-refractivity contribution is 0.0769. The second kappa shape index (κ2) is 9.60. The first kappa shape index (κ1) is 21.5. The Morgan fingerprint density at radius 3 is 2.61 bits per heavy atom. The number of fused-ring (bicyclic) bond motifs is 1. The molecule has 0 spiro atoms. The zero-order chi connectivity index (χ0) is 21.8. The zero-order valence-corrected chi connectivity index (χ0v) is 18.7. The molecule has 166 valence electrons.